The molecule has 2 aromatic heterocycles. The zero-order chi connectivity index (χ0) is 13.2. The summed E-state index contributed by atoms with van der Waals surface area (Å²) in [5.74, 6) is 0.249. The van der Waals surface area contributed by atoms with Gasteiger partial charge in [-0.05, 0) is 18.2 Å². The normalized spacial score (nSPS) is 10.5. The van der Waals surface area contributed by atoms with Gasteiger partial charge in [-0.2, -0.15) is 0 Å². The maximum Gasteiger partial charge on any atom is 0.346 e. The average molecular weight is 271 g/mol. The van der Waals surface area contributed by atoms with Crippen LogP contribution in [0.2, 0.25) is 0 Å². The van der Waals surface area contributed by atoms with Crippen molar-refractivity contribution in [3.63, 3.8) is 0 Å². The maximum absolute atomic E-state index is 10.8. The number of ether oxygens (including phenoxy) is 1. The Bertz CT molecular complexity index is 746. The number of aromatic nitrogens is 1. The molecule has 0 saturated carbocycles. The molecule has 3 aromatic rings. The number of carbonyl (C=O) groups is 1. The van der Waals surface area contributed by atoms with E-state index in [1.54, 1.807) is 17.6 Å². The molecule has 0 aliphatic carbocycles. The molecule has 1 N–H and O–H groups in total. The van der Waals surface area contributed by atoms with Crippen molar-refractivity contribution < 1.29 is 14.6 Å². The van der Waals surface area contributed by atoms with Gasteiger partial charge in [-0.1, -0.05) is 12.1 Å². The van der Waals surface area contributed by atoms with Crippen LogP contribution in [0.25, 0.3) is 10.9 Å². The highest BCUT2D eigenvalue weighted by molar-refractivity contribution is 7.12. The van der Waals surface area contributed by atoms with Crippen LogP contribution in [0, 0.1) is 0 Å². The number of rotatable bonds is 3. The van der Waals surface area contributed by atoms with Crippen molar-refractivity contribution in [2.75, 3.05) is 0 Å². The Balaban J connectivity index is 1.98. The zero-order valence-electron chi connectivity index (χ0n) is 9.74. The Morgan fingerprint density at radius 2 is 2.11 bits per heavy atom. The van der Waals surface area contributed by atoms with Crippen molar-refractivity contribution in [2.45, 2.75) is 0 Å². The molecule has 0 bridgehead atoms. The van der Waals surface area contributed by atoms with E-state index in [2.05, 4.69) is 4.98 Å². The van der Waals surface area contributed by atoms with Gasteiger partial charge in [-0.25, -0.2) is 4.79 Å². The number of pyridine rings is 1. The van der Waals surface area contributed by atoms with Gasteiger partial charge in [0.15, 0.2) is 0 Å². The Morgan fingerprint density at radius 1 is 1.26 bits per heavy atom. The molecule has 0 amide bonds. The van der Waals surface area contributed by atoms with Crippen LogP contribution in [-0.2, 0) is 0 Å². The van der Waals surface area contributed by atoms with E-state index in [4.69, 9.17) is 9.84 Å². The fourth-order valence-electron chi connectivity index (χ4n) is 1.77. The number of para-hydroxylation sites is 1. The van der Waals surface area contributed by atoms with E-state index in [9.17, 15) is 4.79 Å². The summed E-state index contributed by atoms with van der Waals surface area (Å²) in [5.41, 5.74) is 0.841. The summed E-state index contributed by atoms with van der Waals surface area (Å²) in [6, 6.07) is 10.9. The first-order chi connectivity index (χ1) is 9.24. The highest BCUT2D eigenvalue weighted by Crippen LogP contribution is 2.31. The van der Waals surface area contributed by atoms with E-state index in [-0.39, 0.29) is 4.88 Å². The third kappa shape index (κ3) is 2.28. The van der Waals surface area contributed by atoms with Crippen molar-refractivity contribution in [2.24, 2.45) is 0 Å². The molecule has 1 aromatic carbocycles. The minimum Gasteiger partial charge on any atom is -0.477 e. The van der Waals surface area contributed by atoms with Gasteiger partial charge in [0.25, 0.3) is 0 Å². The number of benzene rings is 1. The number of thiophene rings is 1. The fraction of sp³-hybridized carbons (Fsp3) is 0. The number of hydrogen-bond acceptors (Lipinski definition) is 4. The van der Waals surface area contributed by atoms with Gasteiger partial charge in [-0.3, -0.25) is 4.98 Å². The minimum absolute atomic E-state index is 0.258. The first-order valence-corrected chi connectivity index (χ1v) is 6.45. The molecule has 94 valence electrons. The Hall–Kier alpha value is -2.40. The monoisotopic (exact) mass is 271 g/mol. The standard InChI is InChI=1S/C14H9NO3S/c16-14(17)13-7-9(8-19-13)18-12-5-6-15-11-4-2-1-3-10(11)12/h1-8H,(H,16,17). The second-order valence-electron chi connectivity index (χ2n) is 3.88. The highest BCUT2D eigenvalue weighted by Gasteiger charge is 2.09. The second-order valence-corrected chi connectivity index (χ2v) is 4.79. The van der Waals surface area contributed by atoms with Gasteiger partial charge < -0.3 is 9.84 Å². The summed E-state index contributed by atoms with van der Waals surface area (Å²) in [6.45, 7) is 0. The van der Waals surface area contributed by atoms with Crippen LogP contribution in [0.1, 0.15) is 9.67 Å². The smallest absolute Gasteiger partial charge is 0.346 e. The van der Waals surface area contributed by atoms with Crippen molar-refractivity contribution in [1.29, 1.82) is 0 Å². The van der Waals surface area contributed by atoms with E-state index >= 15 is 0 Å². The Labute approximate surface area is 112 Å². The molecular formula is C14H9NO3S. The molecule has 5 heteroatoms. The Morgan fingerprint density at radius 3 is 2.89 bits per heavy atom. The van der Waals surface area contributed by atoms with Crippen LogP contribution in [0.5, 0.6) is 11.5 Å². The third-order valence-corrected chi connectivity index (χ3v) is 3.52. The van der Waals surface area contributed by atoms with Crippen LogP contribution in [0.3, 0.4) is 0 Å². The number of aromatic carboxylic acids is 1. The fourth-order valence-corrected chi connectivity index (χ4v) is 2.41. The SMILES string of the molecule is O=C(O)c1cc(Oc2ccnc3ccccc23)cs1. The molecule has 0 aliphatic rings. The molecule has 0 radical (unpaired) electrons. The number of hydrogen-bond donors (Lipinski definition) is 1. The predicted octanol–water partition coefficient (Wildman–Crippen LogP) is 3.79. The first-order valence-electron chi connectivity index (χ1n) is 5.57. The largest absolute Gasteiger partial charge is 0.477 e. The van der Waals surface area contributed by atoms with Gasteiger partial charge in [0.05, 0.1) is 5.52 Å². The van der Waals surface area contributed by atoms with Crippen molar-refractivity contribution in [1.82, 2.24) is 4.98 Å². The van der Waals surface area contributed by atoms with Crippen LogP contribution in [-0.4, -0.2) is 16.1 Å². The average Bonchev–Trinajstić information content (AvgIpc) is 2.88. The highest BCUT2D eigenvalue weighted by atomic mass is 32.1. The second kappa shape index (κ2) is 4.70. The van der Waals surface area contributed by atoms with Crippen LogP contribution in [0.4, 0.5) is 0 Å². The molecule has 0 saturated heterocycles. The van der Waals surface area contributed by atoms with Gasteiger partial charge in [-0.15, -0.1) is 11.3 Å². The molecule has 19 heavy (non-hydrogen) atoms. The summed E-state index contributed by atoms with van der Waals surface area (Å²) in [7, 11) is 0. The Kier molecular flexibility index (Phi) is 2.89. The lowest BCUT2D eigenvalue weighted by Gasteiger charge is -2.06. The van der Waals surface area contributed by atoms with Gasteiger partial charge in [0.2, 0.25) is 0 Å². The van der Waals surface area contributed by atoms with Crippen molar-refractivity contribution in [3.8, 4) is 11.5 Å². The van der Waals surface area contributed by atoms with E-state index in [0.29, 0.717) is 11.5 Å². The van der Waals surface area contributed by atoms with Gasteiger partial charge in [0.1, 0.15) is 16.4 Å². The summed E-state index contributed by atoms with van der Waals surface area (Å²) in [4.78, 5) is 15.3. The van der Waals surface area contributed by atoms with Gasteiger partial charge >= 0.3 is 5.97 Å². The lowest BCUT2D eigenvalue weighted by Crippen LogP contribution is -1.90. The summed E-state index contributed by atoms with van der Waals surface area (Å²) >= 11 is 1.14. The molecule has 0 spiro atoms. The molecule has 3 rings (SSSR count). The first kappa shape index (κ1) is 11.7. The van der Waals surface area contributed by atoms with E-state index in [1.165, 1.54) is 6.07 Å². The van der Waals surface area contributed by atoms with E-state index in [0.717, 1.165) is 22.2 Å². The molecule has 0 atom stereocenters. The summed E-state index contributed by atoms with van der Waals surface area (Å²) in [6.07, 6.45) is 1.67. The molecule has 0 unspecified atom stereocenters. The predicted molar refractivity (Wildman–Crippen MR) is 73.1 cm³/mol. The minimum atomic E-state index is -0.945. The quantitative estimate of drug-likeness (QED) is 0.787. The lowest BCUT2D eigenvalue weighted by atomic mass is 10.2. The topological polar surface area (TPSA) is 59.4 Å². The molecule has 2 heterocycles. The third-order valence-electron chi connectivity index (χ3n) is 2.62. The molecule has 4 nitrogen and oxygen atoms in total. The zero-order valence-corrected chi connectivity index (χ0v) is 10.6. The number of carboxylic acids is 1. The van der Waals surface area contributed by atoms with Crippen molar-refractivity contribution in [3.05, 3.63) is 52.9 Å². The lowest BCUT2D eigenvalue weighted by molar-refractivity contribution is 0.0702. The maximum atomic E-state index is 10.8. The van der Waals surface area contributed by atoms with Crippen LogP contribution >= 0.6 is 11.3 Å². The summed E-state index contributed by atoms with van der Waals surface area (Å²) < 4.78 is 5.73. The molecule has 0 fully saturated rings. The van der Waals surface area contributed by atoms with Crippen LogP contribution < -0.4 is 4.74 Å². The van der Waals surface area contributed by atoms with E-state index < -0.39 is 5.97 Å². The number of carboxylic acid groups (broad SMARTS) is 1. The summed E-state index contributed by atoms with van der Waals surface area (Å²) in [5, 5.41) is 11.5. The van der Waals surface area contributed by atoms with Crippen molar-refractivity contribution >= 4 is 28.2 Å². The molecular weight excluding hydrogens is 262 g/mol. The number of fused-ring (bicyclic) bond motifs is 1. The van der Waals surface area contributed by atoms with Gasteiger partial charge in [0, 0.05) is 23.0 Å². The molecule has 0 aliphatic heterocycles. The number of nitrogens with zero attached hydrogens (tertiary/aromatic N) is 1. The van der Waals surface area contributed by atoms with E-state index in [1.807, 2.05) is 24.3 Å². The van der Waals surface area contributed by atoms with Crippen LogP contribution in [0.15, 0.2) is 48.0 Å².